The van der Waals surface area contributed by atoms with Crippen molar-refractivity contribution in [3.05, 3.63) is 29.5 Å². The first kappa shape index (κ1) is 18.5. The standard InChI is InChI=1S/C22H31N3O2/c1-15-9-21(26-4)19(16-11-22(2,3)12-16)10-18(15)20-14-25(24-23-20)13-17-7-5-6-8-27-17/h9-10,14,16-17H,5-8,11-13H2,1-4H3/t17-/m1/s1. The van der Waals surface area contributed by atoms with Gasteiger partial charge in [0.1, 0.15) is 11.4 Å². The number of aryl methyl sites for hydroxylation is 1. The number of rotatable bonds is 5. The Labute approximate surface area is 162 Å². The van der Waals surface area contributed by atoms with E-state index in [-0.39, 0.29) is 6.10 Å². The summed E-state index contributed by atoms with van der Waals surface area (Å²) in [4.78, 5) is 0. The van der Waals surface area contributed by atoms with Gasteiger partial charge in [-0.2, -0.15) is 0 Å². The van der Waals surface area contributed by atoms with Gasteiger partial charge in [0.05, 0.1) is 26.0 Å². The molecule has 1 saturated heterocycles. The molecule has 0 unspecified atom stereocenters. The van der Waals surface area contributed by atoms with Crippen LogP contribution in [0.15, 0.2) is 18.3 Å². The molecule has 0 amide bonds. The van der Waals surface area contributed by atoms with Gasteiger partial charge in [0.15, 0.2) is 0 Å². The van der Waals surface area contributed by atoms with Crippen LogP contribution in [0.25, 0.3) is 11.3 Å². The highest BCUT2D eigenvalue weighted by molar-refractivity contribution is 5.66. The van der Waals surface area contributed by atoms with Crippen molar-refractivity contribution >= 4 is 0 Å². The molecule has 1 atom stereocenters. The lowest BCUT2D eigenvalue weighted by atomic mass is 9.62. The molecule has 4 rings (SSSR count). The van der Waals surface area contributed by atoms with Gasteiger partial charge in [-0.15, -0.1) is 5.10 Å². The van der Waals surface area contributed by atoms with Crippen LogP contribution in [0.3, 0.4) is 0 Å². The van der Waals surface area contributed by atoms with Crippen LogP contribution in [0.4, 0.5) is 0 Å². The van der Waals surface area contributed by atoms with Gasteiger partial charge in [-0.1, -0.05) is 19.1 Å². The molecule has 5 nitrogen and oxygen atoms in total. The van der Waals surface area contributed by atoms with E-state index in [0.717, 1.165) is 36.6 Å². The molecule has 1 saturated carbocycles. The summed E-state index contributed by atoms with van der Waals surface area (Å²) in [5.41, 5.74) is 5.01. The zero-order valence-corrected chi connectivity index (χ0v) is 17.0. The van der Waals surface area contributed by atoms with Crippen LogP contribution in [0.1, 0.15) is 63.0 Å². The molecule has 0 N–H and O–H groups in total. The second-order valence-electron chi connectivity index (χ2n) is 8.99. The fraction of sp³-hybridized carbons (Fsp3) is 0.636. The van der Waals surface area contributed by atoms with E-state index >= 15 is 0 Å². The van der Waals surface area contributed by atoms with Crippen molar-refractivity contribution in [2.45, 2.75) is 71.4 Å². The highest BCUT2D eigenvalue weighted by Crippen LogP contribution is 2.53. The molecule has 0 radical (unpaired) electrons. The predicted molar refractivity (Wildman–Crippen MR) is 106 cm³/mol. The fourth-order valence-electron chi connectivity index (χ4n) is 4.64. The average Bonchev–Trinajstić information content (AvgIpc) is 3.08. The van der Waals surface area contributed by atoms with Crippen molar-refractivity contribution in [2.24, 2.45) is 5.41 Å². The van der Waals surface area contributed by atoms with Gasteiger partial charge in [0, 0.05) is 12.2 Å². The SMILES string of the molecule is COc1cc(C)c(-c2cn(C[C@H]3CCCCO3)nn2)cc1C1CC(C)(C)C1. The number of aromatic nitrogens is 3. The maximum absolute atomic E-state index is 5.84. The number of nitrogens with zero attached hydrogens (tertiary/aromatic N) is 3. The lowest BCUT2D eigenvalue weighted by Crippen LogP contribution is -2.30. The zero-order chi connectivity index (χ0) is 19.0. The van der Waals surface area contributed by atoms with E-state index in [0.29, 0.717) is 11.3 Å². The summed E-state index contributed by atoms with van der Waals surface area (Å²) in [7, 11) is 1.77. The summed E-state index contributed by atoms with van der Waals surface area (Å²) in [6.45, 7) is 8.44. The van der Waals surface area contributed by atoms with Crippen LogP contribution in [0.2, 0.25) is 0 Å². The van der Waals surface area contributed by atoms with E-state index in [1.165, 1.54) is 36.8 Å². The first-order valence-corrected chi connectivity index (χ1v) is 10.2. The first-order chi connectivity index (χ1) is 12.9. The molecule has 2 aliphatic rings. The lowest BCUT2D eigenvalue weighted by molar-refractivity contribution is 0.00370. The molecule has 5 heteroatoms. The fourth-order valence-corrected chi connectivity index (χ4v) is 4.64. The second-order valence-corrected chi connectivity index (χ2v) is 8.99. The van der Waals surface area contributed by atoms with Crippen LogP contribution in [0.5, 0.6) is 5.75 Å². The minimum atomic E-state index is 0.262. The molecule has 0 spiro atoms. The van der Waals surface area contributed by atoms with E-state index in [1.54, 1.807) is 7.11 Å². The number of hydrogen-bond acceptors (Lipinski definition) is 4. The van der Waals surface area contributed by atoms with Crippen molar-refractivity contribution in [1.29, 1.82) is 0 Å². The highest BCUT2D eigenvalue weighted by atomic mass is 16.5. The van der Waals surface area contributed by atoms with E-state index < -0.39 is 0 Å². The van der Waals surface area contributed by atoms with E-state index in [4.69, 9.17) is 9.47 Å². The average molecular weight is 370 g/mol. The third-order valence-corrected chi connectivity index (χ3v) is 6.09. The Kier molecular flexibility index (Phi) is 4.97. The summed E-state index contributed by atoms with van der Waals surface area (Å²) in [5, 5.41) is 8.82. The normalized spacial score (nSPS) is 22.4. The topological polar surface area (TPSA) is 49.2 Å². The van der Waals surface area contributed by atoms with Gasteiger partial charge < -0.3 is 9.47 Å². The molecular formula is C22H31N3O2. The third kappa shape index (κ3) is 3.88. The van der Waals surface area contributed by atoms with Crippen LogP contribution < -0.4 is 4.74 Å². The van der Waals surface area contributed by atoms with Crippen molar-refractivity contribution in [2.75, 3.05) is 13.7 Å². The Morgan fingerprint density at radius 1 is 1.26 bits per heavy atom. The van der Waals surface area contributed by atoms with Gasteiger partial charge in [-0.3, -0.25) is 0 Å². The number of hydrogen-bond donors (Lipinski definition) is 0. The molecule has 2 aromatic rings. The molecule has 1 aromatic heterocycles. The molecule has 1 aromatic carbocycles. The quantitative estimate of drug-likeness (QED) is 0.764. The molecule has 1 aliphatic carbocycles. The molecule has 0 bridgehead atoms. The molecule has 1 aliphatic heterocycles. The van der Waals surface area contributed by atoms with Gasteiger partial charge in [-0.25, -0.2) is 4.68 Å². The molecule has 2 fully saturated rings. The maximum Gasteiger partial charge on any atom is 0.122 e. The summed E-state index contributed by atoms with van der Waals surface area (Å²) in [5.74, 6) is 1.57. The summed E-state index contributed by atoms with van der Waals surface area (Å²) in [6.07, 6.45) is 8.25. The van der Waals surface area contributed by atoms with Gasteiger partial charge in [0.25, 0.3) is 0 Å². The monoisotopic (exact) mass is 369 g/mol. The van der Waals surface area contributed by atoms with Crippen molar-refractivity contribution in [3.63, 3.8) is 0 Å². The largest absolute Gasteiger partial charge is 0.496 e. The molecule has 27 heavy (non-hydrogen) atoms. The summed E-state index contributed by atoms with van der Waals surface area (Å²) in [6, 6.07) is 4.43. The Hall–Kier alpha value is -1.88. The zero-order valence-electron chi connectivity index (χ0n) is 17.0. The van der Waals surface area contributed by atoms with Crippen molar-refractivity contribution in [3.8, 4) is 17.0 Å². The van der Waals surface area contributed by atoms with Gasteiger partial charge in [0.2, 0.25) is 0 Å². The second kappa shape index (κ2) is 7.27. The predicted octanol–water partition coefficient (Wildman–Crippen LogP) is 4.73. The summed E-state index contributed by atoms with van der Waals surface area (Å²) >= 11 is 0. The highest BCUT2D eigenvalue weighted by Gasteiger charge is 2.38. The van der Waals surface area contributed by atoms with Crippen LogP contribution in [-0.2, 0) is 11.3 Å². The minimum Gasteiger partial charge on any atom is -0.496 e. The smallest absolute Gasteiger partial charge is 0.122 e. The lowest BCUT2D eigenvalue weighted by Gasteiger charge is -2.43. The maximum atomic E-state index is 5.84. The molecular weight excluding hydrogens is 338 g/mol. The van der Waals surface area contributed by atoms with Crippen LogP contribution in [0, 0.1) is 12.3 Å². The van der Waals surface area contributed by atoms with Crippen molar-refractivity contribution in [1.82, 2.24) is 15.0 Å². The van der Waals surface area contributed by atoms with E-state index in [1.807, 2.05) is 4.68 Å². The van der Waals surface area contributed by atoms with Crippen molar-refractivity contribution < 1.29 is 9.47 Å². The van der Waals surface area contributed by atoms with Gasteiger partial charge >= 0.3 is 0 Å². The van der Waals surface area contributed by atoms with E-state index in [2.05, 4.69) is 49.4 Å². The third-order valence-electron chi connectivity index (χ3n) is 6.09. The Morgan fingerprint density at radius 2 is 2.07 bits per heavy atom. The molecule has 146 valence electrons. The Morgan fingerprint density at radius 3 is 2.74 bits per heavy atom. The van der Waals surface area contributed by atoms with Gasteiger partial charge in [-0.05, 0) is 73.6 Å². The molecule has 2 heterocycles. The van der Waals surface area contributed by atoms with Crippen LogP contribution in [-0.4, -0.2) is 34.8 Å². The Balaban J connectivity index is 1.58. The summed E-state index contributed by atoms with van der Waals surface area (Å²) < 4.78 is 13.5. The number of methoxy groups -OCH3 is 1. The number of benzene rings is 1. The van der Waals surface area contributed by atoms with Crippen LogP contribution >= 0.6 is 0 Å². The van der Waals surface area contributed by atoms with E-state index in [9.17, 15) is 0 Å². The minimum absolute atomic E-state index is 0.262. The Bertz CT molecular complexity index is 798. The first-order valence-electron chi connectivity index (χ1n) is 10.2. The number of ether oxygens (including phenoxy) is 2.